The first-order chi connectivity index (χ1) is 5.27. The van der Waals surface area contributed by atoms with E-state index < -0.39 is 6.17 Å². The van der Waals surface area contributed by atoms with E-state index in [1.54, 1.807) is 0 Å². The van der Waals surface area contributed by atoms with Crippen molar-refractivity contribution in [2.24, 2.45) is 5.73 Å². The van der Waals surface area contributed by atoms with Gasteiger partial charge < -0.3 is 15.0 Å². The Bertz CT molecular complexity index is 226. The molecule has 1 aromatic rings. The number of rotatable bonds is 3. The maximum Gasteiger partial charge on any atom is 0.254 e. The van der Waals surface area contributed by atoms with E-state index in [-0.39, 0.29) is 18.2 Å². The Kier molecular flexibility index (Phi) is 2.43. The molecule has 1 rings (SSSR count). The maximum atomic E-state index is 12.7. The lowest BCUT2D eigenvalue weighted by Crippen LogP contribution is -2.06. The summed E-state index contributed by atoms with van der Waals surface area (Å²) in [5, 5.41) is 3.41. The van der Waals surface area contributed by atoms with Crippen LogP contribution in [0.3, 0.4) is 0 Å². The fraction of sp³-hybridized carbons (Fsp3) is 0.500. The number of nitrogens with zero attached hydrogens (tertiary/aromatic N) is 1. The molecule has 0 fully saturated rings. The van der Waals surface area contributed by atoms with Crippen LogP contribution in [0.25, 0.3) is 0 Å². The van der Waals surface area contributed by atoms with Gasteiger partial charge in [0.2, 0.25) is 0 Å². The van der Waals surface area contributed by atoms with Gasteiger partial charge in [-0.05, 0) is 5.16 Å². The van der Waals surface area contributed by atoms with E-state index in [9.17, 15) is 4.39 Å². The van der Waals surface area contributed by atoms with Gasteiger partial charge in [0.15, 0.2) is 11.9 Å². The van der Waals surface area contributed by atoms with Gasteiger partial charge >= 0.3 is 0 Å². The van der Waals surface area contributed by atoms with E-state index >= 15 is 0 Å². The molecule has 0 radical (unpaired) electrons. The molecule has 0 bridgehead atoms. The number of hydrogen-bond acceptors (Lipinski definition) is 4. The lowest BCUT2D eigenvalue weighted by atomic mass is 10.3. The molecule has 0 spiro atoms. The molecule has 4 nitrogen and oxygen atoms in total. The number of aromatic nitrogens is 1. The van der Waals surface area contributed by atoms with Crippen LogP contribution in [0, 0.1) is 0 Å². The molecule has 1 unspecified atom stereocenters. The van der Waals surface area contributed by atoms with E-state index in [0.29, 0.717) is 0 Å². The first-order valence-electron chi connectivity index (χ1n) is 3.12. The van der Waals surface area contributed by atoms with Crippen molar-refractivity contribution >= 4 is 0 Å². The fourth-order valence-electron chi connectivity index (χ4n) is 0.632. The van der Waals surface area contributed by atoms with Gasteiger partial charge in [-0.3, -0.25) is 0 Å². The Balaban J connectivity index is 2.71. The standard InChI is InChI=1S/C6H9FN2O2/c1-10-6-2-5(11-9-6)4(7)3-8/h2,4H,3,8H2,1H3. The summed E-state index contributed by atoms with van der Waals surface area (Å²) in [6, 6.07) is 1.37. The second kappa shape index (κ2) is 3.34. The van der Waals surface area contributed by atoms with Crippen LogP contribution in [0.15, 0.2) is 10.6 Å². The zero-order valence-electron chi connectivity index (χ0n) is 6.08. The SMILES string of the molecule is COc1cc(C(F)CN)on1. The van der Waals surface area contributed by atoms with Crippen molar-refractivity contribution in [1.82, 2.24) is 5.16 Å². The Hall–Kier alpha value is -1.10. The molecule has 0 saturated carbocycles. The molecule has 62 valence electrons. The van der Waals surface area contributed by atoms with Gasteiger partial charge in [-0.25, -0.2) is 4.39 Å². The molecule has 0 saturated heterocycles. The van der Waals surface area contributed by atoms with Crippen LogP contribution < -0.4 is 10.5 Å². The number of alkyl halides is 1. The molecule has 0 aromatic carbocycles. The lowest BCUT2D eigenvalue weighted by Gasteiger charge is -1.95. The second-order valence-electron chi connectivity index (χ2n) is 1.97. The monoisotopic (exact) mass is 160 g/mol. The highest BCUT2D eigenvalue weighted by Gasteiger charge is 2.13. The summed E-state index contributed by atoms with van der Waals surface area (Å²) in [5.41, 5.74) is 5.05. The third-order valence-electron chi connectivity index (χ3n) is 1.23. The van der Waals surface area contributed by atoms with Gasteiger partial charge in [-0.15, -0.1) is 0 Å². The molecule has 0 aliphatic heterocycles. The van der Waals surface area contributed by atoms with Crippen molar-refractivity contribution < 1.29 is 13.7 Å². The van der Waals surface area contributed by atoms with E-state index in [0.717, 1.165) is 0 Å². The number of nitrogens with two attached hydrogens (primary N) is 1. The van der Waals surface area contributed by atoms with Crippen molar-refractivity contribution in [3.8, 4) is 5.88 Å². The first kappa shape index (κ1) is 8.00. The van der Waals surface area contributed by atoms with Crippen LogP contribution in [0.5, 0.6) is 5.88 Å². The summed E-state index contributed by atoms with van der Waals surface area (Å²) in [6.45, 7) is -0.113. The number of hydrogen-bond donors (Lipinski definition) is 1. The van der Waals surface area contributed by atoms with Gasteiger partial charge in [0, 0.05) is 12.6 Å². The summed E-state index contributed by atoms with van der Waals surface area (Å²) in [4.78, 5) is 0. The molecule has 0 amide bonds. The minimum atomic E-state index is -1.30. The molecular formula is C6H9FN2O2. The third-order valence-corrected chi connectivity index (χ3v) is 1.23. The summed E-state index contributed by atoms with van der Waals surface area (Å²) in [6.07, 6.45) is -1.30. The Labute approximate surface area is 63.1 Å². The zero-order valence-corrected chi connectivity index (χ0v) is 6.08. The average molecular weight is 160 g/mol. The van der Waals surface area contributed by atoms with E-state index in [2.05, 4.69) is 14.4 Å². The molecule has 1 aromatic heterocycles. The highest BCUT2D eigenvalue weighted by molar-refractivity contribution is 5.12. The van der Waals surface area contributed by atoms with E-state index in [4.69, 9.17) is 5.73 Å². The van der Waals surface area contributed by atoms with Gasteiger partial charge in [-0.1, -0.05) is 0 Å². The summed E-state index contributed by atoms with van der Waals surface area (Å²) < 4.78 is 22.0. The Morgan fingerprint density at radius 2 is 2.64 bits per heavy atom. The largest absolute Gasteiger partial charge is 0.479 e. The van der Waals surface area contributed by atoms with Crippen LogP contribution in [0.1, 0.15) is 11.9 Å². The topological polar surface area (TPSA) is 61.3 Å². The van der Waals surface area contributed by atoms with Crippen LogP contribution in [-0.4, -0.2) is 18.8 Å². The van der Waals surface area contributed by atoms with Gasteiger partial charge in [0.05, 0.1) is 7.11 Å². The predicted molar refractivity (Wildman–Crippen MR) is 36.0 cm³/mol. The van der Waals surface area contributed by atoms with Gasteiger partial charge in [-0.2, -0.15) is 0 Å². The van der Waals surface area contributed by atoms with Gasteiger partial charge in [0.25, 0.3) is 5.88 Å². The highest BCUT2D eigenvalue weighted by Crippen LogP contribution is 2.19. The lowest BCUT2D eigenvalue weighted by molar-refractivity contribution is 0.254. The highest BCUT2D eigenvalue weighted by atomic mass is 19.1. The molecular weight excluding hydrogens is 151 g/mol. The van der Waals surface area contributed by atoms with E-state index in [1.807, 2.05) is 0 Å². The van der Waals surface area contributed by atoms with Crippen molar-refractivity contribution in [2.75, 3.05) is 13.7 Å². The minimum absolute atomic E-state index is 0.101. The normalized spacial score (nSPS) is 13.0. The first-order valence-corrected chi connectivity index (χ1v) is 3.12. The minimum Gasteiger partial charge on any atom is -0.479 e. The summed E-state index contributed by atoms with van der Waals surface area (Å²) >= 11 is 0. The molecule has 2 N–H and O–H groups in total. The third kappa shape index (κ3) is 1.68. The van der Waals surface area contributed by atoms with Crippen molar-refractivity contribution in [2.45, 2.75) is 6.17 Å². The molecule has 0 aliphatic carbocycles. The molecule has 11 heavy (non-hydrogen) atoms. The van der Waals surface area contributed by atoms with Crippen molar-refractivity contribution in [3.63, 3.8) is 0 Å². The second-order valence-corrected chi connectivity index (χ2v) is 1.97. The van der Waals surface area contributed by atoms with Crippen LogP contribution in [0.4, 0.5) is 4.39 Å². The Morgan fingerprint density at radius 3 is 3.09 bits per heavy atom. The molecule has 1 atom stereocenters. The van der Waals surface area contributed by atoms with Crippen LogP contribution in [0.2, 0.25) is 0 Å². The van der Waals surface area contributed by atoms with E-state index in [1.165, 1.54) is 13.2 Å². The van der Waals surface area contributed by atoms with Crippen molar-refractivity contribution in [1.29, 1.82) is 0 Å². The maximum absolute atomic E-state index is 12.7. The Morgan fingerprint density at radius 1 is 1.91 bits per heavy atom. The summed E-state index contributed by atoms with van der Waals surface area (Å²) in [5.74, 6) is 0.362. The molecule has 5 heteroatoms. The quantitative estimate of drug-likeness (QED) is 0.705. The fourth-order valence-corrected chi connectivity index (χ4v) is 0.632. The number of ether oxygens (including phenoxy) is 1. The van der Waals surface area contributed by atoms with Crippen LogP contribution >= 0.6 is 0 Å². The smallest absolute Gasteiger partial charge is 0.254 e. The predicted octanol–water partition coefficient (Wildman–Crippen LogP) is 0.652. The number of halogens is 1. The molecule has 0 aliphatic rings. The number of methoxy groups -OCH3 is 1. The molecule has 1 heterocycles. The van der Waals surface area contributed by atoms with Gasteiger partial charge in [0.1, 0.15) is 0 Å². The summed E-state index contributed by atoms with van der Waals surface area (Å²) in [7, 11) is 1.43. The van der Waals surface area contributed by atoms with Crippen LogP contribution in [-0.2, 0) is 0 Å². The average Bonchev–Trinajstić information content (AvgIpc) is 2.50. The zero-order chi connectivity index (χ0) is 8.27. The van der Waals surface area contributed by atoms with Crippen molar-refractivity contribution in [3.05, 3.63) is 11.8 Å².